The fourth-order valence-corrected chi connectivity index (χ4v) is 3.81. The predicted octanol–water partition coefficient (Wildman–Crippen LogP) is 4.68. The van der Waals surface area contributed by atoms with Crippen LogP contribution in [0, 0.1) is 0 Å². The number of hydrogen-bond acceptors (Lipinski definition) is 5. The van der Waals surface area contributed by atoms with Crippen LogP contribution < -0.4 is 4.74 Å². The lowest BCUT2D eigenvalue weighted by molar-refractivity contribution is -0.0192. The van der Waals surface area contributed by atoms with Crippen molar-refractivity contribution in [3.63, 3.8) is 0 Å². The number of hydrazone groups is 1. The summed E-state index contributed by atoms with van der Waals surface area (Å²) in [5.74, 6) is 1.06. The number of hydrogen-bond donors (Lipinski definition) is 1. The first kappa shape index (κ1) is 16.1. The molecular formula is C21H16ClN3O2. The van der Waals surface area contributed by atoms with Crippen molar-refractivity contribution in [2.75, 3.05) is 0 Å². The van der Waals surface area contributed by atoms with Crippen LogP contribution in [0.5, 0.6) is 11.5 Å². The Morgan fingerprint density at radius 1 is 1.11 bits per heavy atom. The minimum atomic E-state index is -0.355. The third-order valence-corrected chi connectivity index (χ3v) is 5.16. The largest absolute Gasteiger partial charge is 0.508 e. The third-order valence-electron chi connectivity index (χ3n) is 4.92. The van der Waals surface area contributed by atoms with Crippen molar-refractivity contribution in [2.24, 2.45) is 5.10 Å². The summed E-state index contributed by atoms with van der Waals surface area (Å²) < 4.78 is 6.27. The number of fused-ring (bicyclic) bond motifs is 3. The first-order chi connectivity index (χ1) is 13.2. The van der Waals surface area contributed by atoms with Crippen molar-refractivity contribution in [1.82, 2.24) is 9.99 Å². The number of aromatic nitrogens is 1. The van der Waals surface area contributed by atoms with Gasteiger partial charge in [-0.15, -0.1) is 0 Å². The molecule has 0 radical (unpaired) electrons. The van der Waals surface area contributed by atoms with Crippen molar-refractivity contribution in [3.8, 4) is 11.5 Å². The van der Waals surface area contributed by atoms with Gasteiger partial charge < -0.3 is 9.84 Å². The van der Waals surface area contributed by atoms with Gasteiger partial charge >= 0.3 is 0 Å². The molecule has 27 heavy (non-hydrogen) atoms. The molecule has 5 rings (SSSR count). The molecule has 1 N–H and O–H groups in total. The van der Waals surface area contributed by atoms with Gasteiger partial charge in [0, 0.05) is 35.0 Å². The molecule has 1 aromatic heterocycles. The van der Waals surface area contributed by atoms with Gasteiger partial charge in [-0.1, -0.05) is 17.7 Å². The van der Waals surface area contributed by atoms with Crippen LogP contribution in [0.1, 0.15) is 35.4 Å². The van der Waals surface area contributed by atoms with E-state index in [-0.39, 0.29) is 18.0 Å². The molecule has 0 saturated heterocycles. The molecule has 2 aliphatic heterocycles. The van der Waals surface area contributed by atoms with Crippen molar-refractivity contribution in [1.29, 1.82) is 0 Å². The molecule has 3 aromatic rings. The van der Waals surface area contributed by atoms with Crippen LogP contribution in [-0.4, -0.2) is 20.8 Å². The molecule has 134 valence electrons. The van der Waals surface area contributed by atoms with Gasteiger partial charge in [-0.3, -0.25) is 4.98 Å². The van der Waals surface area contributed by atoms with Gasteiger partial charge in [0.15, 0.2) is 0 Å². The zero-order valence-corrected chi connectivity index (χ0v) is 15.0. The van der Waals surface area contributed by atoms with E-state index >= 15 is 0 Å². The maximum atomic E-state index is 9.57. The molecule has 0 aliphatic carbocycles. The molecular weight excluding hydrogens is 362 g/mol. The Hall–Kier alpha value is -3.05. The fourth-order valence-electron chi connectivity index (χ4n) is 3.63. The number of nitrogens with zero attached hydrogens (tertiary/aromatic N) is 3. The Bertz CT molecular complexity index is 1020. The Morgan fingerprint density at radius 3 is 2.74 bits per heavy atom. The van der Waals surface area contributed by atoms with Gasteiger partial charge in [-0.05, 0) is 54.1 Å². The summed E-state index contributed by atoms with van der Waals surface area (Å²) in [6.07, 6.45) is 3.92. The second-order valence-electron chi connectivity index (χ2n) is 6.63. The van der Waals surface area contributed by atoms with Crippen molar-refractivity contribution in [2.45, 2.75) is 18.7 Å². The number of pyridine rings is 1. The molecule has 2 atom stereocenters. The number of aromatic hydroxyl groups is 1. The summed E-state index contributed by atoms with van der Waals surface area (Å²) in [7, 11) is 0. The molecule has 0 saturated carbocycles. The molecule has 3 heterocycles. The number of halogens is 1. The van der Waals surface area contributed by atoms with E-state index in [4.69, 9.17) is 21.4 Å². The predicted molar refractivity (Wildman–Crippen MR) is 103 cm³/mol. The Balaban J connectivity index is 1.60. The lowest BCUT2D eigenvalue weighted by atomic mass is 9.96. The normalized spacial score (nSPS) is 20.5. The van der Waals surface area contributed by atoms with Crippen molar-refractivity contribution < 1.29 is 9.84 Å². The molecule has 2 aliphatic rings. The summed E-state index contributed by atoms with van der Waals surface area (Å²) >= 11 is 6.24. The number of phenolic OH excluding ortho intramolecular Hbond substituents is 1. The van der Waals surface area contributed by atoms with E-state index in [1.807, 2.05) is 47.5 Å². The van der Waals surface area contributed by atoms with Gasteiger partial charge in [-0.2, -0.15) is 5.10 Å². The van der Waals surface area contributed by atoms with E-state index in [1.54, 1.807) is 24.5 Å². The van der Waals surface area contributed by atoms with Crippen molar-refractivity contribution >= 4 is 17.3 Å². The summed E-state index contributed by atoms with van der Waals surface area (Å²) in [5, 5.41) is 17.1. The molecule has 2 aromatic carbocycles. The van der Waals surface area contributed by atoms with Crippen LogP contribution in [0.2, 0.25) is 5.02 Å². The molecule has 0 fully saturated rings. The van der Waals surface area contributed by atoms with E-state index < -0.39 is 0 Å². The van der Waals surface area contributed by atoms with Crippen LogP contribution >= 0.6 is 11.6 Å². The van der Waals surface area contributed by atoms with Crippen LogP contribution in [0.4, 0.5) is 0 Å². The summed E-state index contributed by atoms with van der Waals surface area (Å²) in [6.45, 7) is 0. The van der Waals surface area contributed by atoms with Gasteiger partial charge in [0.1, 0.15) is 11.5 Å². The molecule has 0 bridgehead atoms. The molecule has 6 heteroatoms. The number of phenols is 1. The topological polar surface area (TPSA) is 58.0 Å². The Labute approximate surface area is 161 Å². The van der Waals surface area contributed by atoms with Crippen LogP contribution in [0.3, 0.4) is 0 Å². The van der Waals surface area contributed by atoms with E-state index in [9.17, 15) is 5.11 Å². The second kappa shape index (κ2) is 6.28. The zero-order valence-electron chi connectivity index (χ0n) is 14.3. The monoisotopic (exact) mass is 377 g/mol. The fraction of sp³-hybridized carbons (Fsp3) is 0.143. The first-order valence-corrected chi connectivity index (χ1v) is 9.08. The average molecular weight is 378 g/mol. The Kier molecular flexibility index (Phi) is 3.76. The van der Waals surface area contributed by atoms with Gasteiger partial charge in [0.2, 0.25) is 6.23 Å². The number of ether oxygens (including phenoxy) is 1. The highest BCUT2D eigenvalue weighted by Gasteiger charge is 2.41. The van der Waals surface area contributed by atoms with Crippen LogP contribution in [0.25, 0.3) is 0 Å². The number of rotatable bonds is 2. The molecule has 0 spiro atoms. The maximum Gasteiger partial charge on any atom is 0.215 e. The van der Waals surface area contributed by atoms with E-state index in [2.05, 4.69) is 4.98 Å². The molecule has 0 amide bonds. The maximum absolute atomic E-state index is 9.57. The van der Waals surface area contributed by atoms with E-state index in [0.717, 1.165) is 34.6 Å². The van der Waals surface area contributed by atoms with Crippen LogP contribution in [-0.2, 0) is 0 Å². The van der Waals surface area contributed by atoms with Crippen LogP contribution in [0.15, 0.2) is 72.1 Å². The smallest absolute Gasteiger partial charge is 0.215 e. The molecule has 2 unspecified atom stereocenters. The highest BCUT2D eigenvalue weighted by molar-refractivity contribution is 6.30. The summed E-state index contributed by atoms with van der Waals surface area (Å²) in [5.41, 5.74) is 3.90. The first-order valence-electron chi connectivity index (χ1n) is 8.70. The lowest BCUT2D eigenvalue weighted by Crippen LogP contribution is -2.33. The SMILES string of the molecule is Oc1ccc(C2=NN3C(C2)c2cc(Cl)ccc2OC3c2cccnc2)cc1. The average Bonchev–Trinajstić information content (AvgIpc) is 3.14. The van der Waals surface area contributed by atoms with Crippen molar-refractivity contribution in [3.05, 3.63) is 88.7 Å². The van der Waals surface area contributed by atoms with E-state index in [0.29, 0.717) is 5.02 Å². The Morgan fingerprint density at radius 2 is 1.96 bits per heavy atom. The van der Waals surface area contributed by atoms with E-state index in [1.165, 1.54) is 0 Å². The third kappa shape index (κ3) is 2.80. The second-order valence-corrected chi connectivity index (χ2v) is 7.07. The zero-order chi connectivity index (χ0) is 18.4. The standard InChI is InChI=1S/C21H16ClN3O2/c22-15-5-8-20-17(10-15)19-11-18(13-3-6-16(26)7-4-13)24-25(19)21(27-20)14-2-1-9-23-12-14/h1-10,12,19,21,26H,11H2. The highest BCUT2D eigenvalue weighted by atomic mass is 35.5. The highest BCUT2D eigenvalue weighted by Crippen LogP contribution is 2.48. The van der Waals surface area contributed by atoms with Gasteiger partial charge in [0.05, 0.1) is 11.8 Å². The van der Waals surface area contributed by atoms with Gasteiger partial charge in [0.25, 0.3) is 0 Å². The summed E-state index contributed by atoms with van der Waals surface area (Å²) in [4.78, 5) is 4.23. The minimum absolute atomic E-state index is 0.0291. The summed E-state index contributed by atoms with van der Waals surface area (Å²) in [6, 6.07) is 16.7. The van der Waals surface area contributed by atoms with Gasteiger partial charge in [-0.25, -0.2) is 5.01 Å². The molecule has 5 nitrogen and oxygen atoms in total. The quantitative estimate of drug-likeness (QED) is 0.704. The minimum Gasteiger partial charge on any atom is -0.508 e. The number of benzene rings is 2. The lowest BCUT2D eigenvalue weighted by Gasteiger charge is -2.38.